The molecule has 0 saturated carbocycles. The van der Waals surface area contributed by atoms with E-state index in [2.05, 4.69) is 12.1 Å². The molecule has 1 heterocycles. The van der Waals surface area contributed by atoms with E-state index in [1.54, 1.807) is 0 Å². The van der Waals surface area contributed by atoms with Crippen molar-refractivity contribution >= 4 is 0 Å². The standard InChI is InChI=1S/C13H13NO4/c15-12-13(16)18-14(17-12)8-10-6-3-5-9-4-1-2-7-11(9)10/h1-2,4,7,10H,3,5-6,8H2. The molecule has 0 aliphatic heterocycles. The third-order valence-electron chi connectivity index (χ3n) is 3.40. The summed E-state index contributed by atoms with van der Waals surface area (Å²) < 4.78 is 9.43. The van der Waals surface area contributed by atoms with Gasteiger partial charge in [-0.1, -0.05) is 29.2 Å². The van der Waals surface area contributed by atoms with Crippen molar-refractivity contribution in [1.82, 2.24) is 4.91 Å². The molecule has 2 aromatic rings. The summed E-state index contributed by atoms with van der Waals surface area (Å²) in [5.74, 6) is 0.230. The molecule has 0 fully saturated rings. The van der Waals surface area contributed by atoms with Crippen molar-refractivity contribution in [1.29, 1.82) is 0 Å². The van der Waals surface area contributed by atoms with E-state index in [0.29, 0.717) is 6.54 Å². The molecule has 1 aromatic heterocycles. The van der Waals surface area contributed by atoms with Crippen molar-refractivity contribution in [3.05, 3.63) is 56.2 Å². The van der Waals surface area contributed by atoms with E-state index in [9.17, 15) is 9.59 Å². The van der Waals surface area contributed by atoms with Gasteiger partial charge in [-0.25, -0.2) is 9.59 Å². The molecule has 0 saturated heterocycles. The fraction of sp³-hybridized carbons (Fsp3) is 0.385. The third kappa shape index (κ3) is 1.92. The summed E-state index contributed by atoms with van der Waals surface area (Å²) in [6, 6.07) is 8.22. The van der Waals surface area contributed by atoms with E-state index in [0.717, 1.165) is 24.2 Å². The third-order valence-corrected chi connectivity index (χ3v) is 3.40. The van der Waals surface area contributed by atoms with Gasteiger partial charge in [-0.3, -0.25) is 9.05 Å². The van der Waals surface area contributed by atoms with Crippen LogP contribution in [0.5, 0.6) is 0 Å². The molecular formula is C13H13NO4. The van der Waals surface area contributed by atoms with Crippen molar-refractivity contribution in [2.24, 2.45) is 0 Å². The molecule has 1 aliphatic rings. The zero-order valence-corrected chi connectivity index (χ0v) is 9.80. The normalized spacial score (nSPS) is 18.6. The van der Waals surface area contributed by atoms with E-state index >= 15 is 0 Å². The van der Waals surface area contributed by atoms with Gasteiger partial charge in [-0.2, -0.15) is 0 Å². The van der Waals surface area contributed by atoms with Crippen LogP contribution >= 0.6 is 0 Å². The van der Waals surface area contributed by atoms with Crippen LogP contribution in [0.1, 0.15) is 29.9 Å². The van der Waals surface area contributed by atoms with E-state index in [1.807, 2.05) is 12.1 Å². The first kappa shape index (κ1) is 11.1. The quantitative estimate of drug-likeness (QED) is 0.754. The Labute approximate surface area is 103 Å². The van der Waals surface area contributed by atoms with E-state index in [-0.39, 0.29) is 5.92 Å². The van der Waals surface area contributed by atoms with Crippen molar-refractivity contribution in [3.63, 3.8) is 0 Å². The van der Waals surface area contributed by atoms with E-state index < -0.39 is 11.3 Å². The Bertz CT molecular complexity index is 636. The summed E-state index contributed by atoms with van der Waals surface area (Å²) in [6.07, 6.45) is 3.17. The first-order chi connectivity index (χ1) is 8.74. The molecule has 0 radical (unpaired) electrons. The summed E-state index contributed by atoms with van der Waals surface area (Å²) in [5.41, 5.74) is 0.687. The lowest BCUT2D eigenvalue weighted by molar-refractivity contribution is 0.0635. The van der Waals surface area contributed by atoms with Crippen LogP contribution in [0.25, 0.3) is 0 Å². The van der Waals surface area contributed by atoms with Crippen molar-refractivity contribution in [3.8, 4) is 0 Å². The molecule has 1 unspecified atom stereocenters. The van der Waals surface area contributed by atoms with Gasteiger partial charge in [0.2, 0.25) is 0 Å². The minimum atomic E-state index is -0.945. The summed E-state index contributed by atoms with van der Waals surface area (Å²) in [5, 5.41) is 0. The number of rotatable bonds is 2. The van der Waals surface area contributed by atoms with Gasteiger partial charge in [-0.15, -0.1) is 0 Å². The predicted octanol–water partition coefficient (Wildman–Crippen LogP) is 1.51. The van der Waals surface area contributed by atoms with Gasteiger partial charge >= 0.3 is 11.3 Å². The maximum Gasteiger partial charge on any atom is 0.446 e. The molecule has 0 bridgehead atoms. The highest BCUT2D eigenvalue weighted by atomic mass is 16.7. The summed E-state index contributed by atoms with van der Waals surface area (Å²) in [6.45, 7) is 0.397. The lowest BCUT2D eigenvalue weighted by Gasteiger charge is -2.24. The second-order valence-corrected chi connectivity index (χ2v) is 4.56. The molecule has 0 N–H and O–H groups in total. The highest BCUT2D eigenvalue weighted by molar-refractivity contribution is 5.32. The van der Waals surface area contributed by atoms with Gasteiger partial charge in [-0.05, 0) is 30.4 Å². The molecule has 0 spiro atoms. The zero-order chi connectivity index (χ0) is 12.5. The molecule has 5 heteroatoms. The average molecular weight is 247 g/mol. The fourth-order valence-electron chi connectivity index (χ4n) is 2.58. The van der Waals surface area contributed by atoms with E-state index in [4.69, 9.17) is 9.05 Å². The van der Waals surface area contributed by atoms with Gasteiger partial charge < -0.3 is 0 Å². The minimum absolute atomic E-state index is 0.230. The van der Waals surface area contributed by atoms with Gasteiger partial charge in [0.15, 0.2) is 0 Å². The largest absolute Gasteiger partial charge is 0.446 e. The van der Waals surface area contributed by atoms with Crippen LogP contribution in [0.2, 0.25) is 0 Å². The number of fused-ring (bicyclic) bond motifs is 1. The fourth-order valence-corrected chi connectivity index (χ4v) is 2.58. The summed E-state index contributed by atoms with van der Waals surface area (Å²) in [7, 11) is 0. The molecule has 1 aromatic carbocycles. The molecule has 1 aliphatic carbocycles. The number of benzene rings is 1. The Kier molecular flexibility index (Phi) is 2.66. The second kappa shape index (κ2) is 4.33. The number of aromatic nitrogens is 1. The van der Waals surface area contributed by atoms with Crippen LogP contribution < -0.4 is 11.3 Å². The Morgan fingerprint density at radius 3 is 2.67 bits per heavy atom. The van der Waals surface area contributed by atoms with Crippen LogP contribution in [-0.4, -0.2) is 4.91 Å². The minimum Gasteiger partial charge on any atom is -0.298 e. The zero-order valence-electron chi connectivity index (χ0n) is 9.80. The number of aryl methyl sites for hydroxylation is 1. The predicted molar refractivity (Wildman–Crippen MR) is 63.6 cm³/mol. The number of nitrogens with zero attached hydrogens (tertiary/aromatic N) is 1. The molecule has 5 nitrogen and oxygen atoms in total. The topological polar surface area (TPSA) is 65.3 Å². The Morgan fingerprint density at radius 2 is 1.89 bits per heavy atom. The lowest BCUT2D eigenvalue weighted by atomic mass is 9.83. The summed E-state index contributed by atoms with van der Waals surface area (Å²) >= 11 is 0. The monoisotopic (exact) mass is 247 g/mol. The SMILES string of the molecule is O=c1on(CC2CCCc3ccccc32)oc1=O. The maximum absolute atomic E-state index is 10.9. The van der Waals surface area contributed by atoms with E-state index in [1.165, 1.54) is 11.1 Å². The molecule has 3 rings (SSSR count). The second-order valence-electron chi connectivity index (χ2n) is 4.56. The molecule has 18 heavy (non-hydrogen) atoms. The Balaban J connectivity index is 1.90. The van der Waals surface area contributed by atoms with Crippen LogP contribution in [0.3, 0.4) is 0 Å². The van der Waals surface area contributed by atoms with Crippen LogP contribution in [0.4, 0.5) is 0 Å². The maximum atomic E-state index is 10.9. The van der Waals surface area contributed by atoms with Crippen LogP contribution in [0.15, 0.2) is 42.9 Å². The number of hydrogen-bond donors (Lipinski definition) is 0. The lowest BCUT2D eigenvalue weighted by Crippen LogP contribution is -2.15. The van der Waals surface area contributed by atoms with Gasteiger partial charge in [0.25, 0.3) is 0 Å². The average Bonchev–Trinajstić information content (AvgIpc) is 2.69. The van der Waals surface area contributed by atoms with Crippen LogP contribution in [0, 0.1) is 0 Å². The highest BCUT2D eigenvalue weighted by Crippen LogP contribution is 2.32. The van der Waals surface area contributed by atoms with Gasteiger partial charge in [0.05, 0.1) is 6.54 Å². The first-order valence-electron chi connectivity index (χ1n) is 6.03. The van der Waals surface area contributed by atoms with Crippen molar-refractivity contribution in [2.75, 3.05) is 0 Å². The molecule has 94 valence electrons. The molecule has 1 atom stereocenters. The van der Waals surface area contributed by atoms with Crippen molar-refractivity contribution < 1.29 is 9.05 Å². The smallest absolute Gasteiger partial charge is 0.298 e. The van der Waals surface area contributed by atoms with Gasteiger partial charge in [0, 0.05) is 5.92 Å². The Morgan fingerprint density at radius 1 is 1.17 bits per heavy atom. The highest BCUT2D eigenvalue weighted by Gasteiger charge is 2.22. The van der Waals surface area contributed by atoms with Gasteiger partial charge in [0.1, 0.15) is 0 Å². The first-order valence-corrected chi connectivity index (χ1v) is 6.03. The number of hydrogen-bond acceptors (Lipinski definition) is 4. The molecular weight excluding hydrogens is 234 g/mol. The van der Waals surface area contributed by atoms with Crippen LogP contribution in [-0.2, 0) is 13.0 Å². The Hall–Kier alpha value is -2.04. The van der Waals surface area contributed by atoms with Crippen molar-refractivity contribution in [2.45, 2.75) is 31.7 Å². The molecule has 0 amide bonds. The summed E-state index contributed by atoms with van der Waals surface area (Å²) in [4.78, 5) is 22.9.